The van der Waals surface area contributed by atoms with Crippen LogP contribution in [0.15, 0.2) is 34.7 Å². The average molecular weight is 312 g/mol. The molecule has 0 saturated carbocycles. The first kappa shape index (κ1) is 15.7. The Labute approximate surface area is 137 Å². The number of amides is 1. The first-order chi connectivity index (χ1) is 10.9. The lowest BCUT2D eigenvalue weighted by atomic mass is 9.92. The number of nitrogens with zero attached hydrogens (tertiary/aromatic N) is 1. The lowest BCUT2D eigenvalue weighted by Crippen LogP contribution is -2.42. The van der Waals surface area contributed by atoms with Crippen LogP contribution in [0.2, 0.25) is 0 Å². The van der Waals surface area contributed by atoms with Gasteiger partial charge in [-0.05, 0) is 48.9 Å². The van der Waals surface area contributed by atoms with Crippen molar-refractivity contribution in [2.75, 3.05) is 18.8 Å². The maximum Gasteiger partial charge on any atom is 0.289 e. The summed E-state index contributed by atoms with van der Waals surface area (Å²) in [6.45, 7) is 7.96. The molecule has 2 N–H and O–H groups in total. The fourth-order valence-electron chi connectivity index (χ4n) is 3.39. The summed E-state index contributed by atoms with van der Waals surface area (Å²) in [4.78, 5) is 14.6. The zero-order valence-electron chi connectivity index (χ0n) is 14.0. The molecule has 122 valence electrons. The molecule has 0 bridgehead atoms. The van der Waals surface area contributed by atoms with Crippen molar-refractivity contribution in [3.63, 3.8) is 0 Å². The van der Waals surface area contributed by atoms with E-state index in [0.29, 0.717) is 23.4 Å². The Balaban J connectivity index is 1.81. The summed E-state index contributed by atoms with van der Waals surface area (Å²) < 4.78 is 5.80. The molecule has 0 aliphatic carbocycles. The number of benzene rings is 1. The number of furan rings is 1. The Kier molecular flexibility index (Phi) is 4.16. The maximum atomic E-state index is 12.7. The van der Waals surface area contributed by atoms with Gasteiger partial charge in [-0.3, -0.25) is 4.79 Å². The van der Waals surface area contributed by atoms with E-state index < -0.39 is 0 Å². The highest BCUT2D eigenvalue weighted by Gasteiger charge is 2.27. The van der Waals surface area contributed by atoms with Crippen LogP contribution in [0.25, 0.3) is 11.3 Å². The van der Waals surface area contributed by atoms with Crippen LogP contribution in [0.4, 0.5) is 5.69 Å². The number of piperidine rings is 1. The highest BCUT2D eigenvalue weighted by Crippen LogP contribution is 2.27. The minimum atomic E-state index is -0.0188. The van der Waals surface area contributed by atoms with Gasteiger partial charge >= 0.3 is 0 Å². The number of carbonyl (C=O) groups is 1. The molecular formula is C19H24N2O2. The number of likely N-dealkylation sites (tertiary alicyclic amines) is 1. The Morgan fingerprint density at radius 1 is 1.17 bits per heavy atom. The molecule has 0 radical (unpaired) electrons. The van der Waals surface area contributed by atoms with Crippen molar-refractivity contribution in [3.8, 4) is 11.3 Å². The van der Waals surface area contributed by atoms with E-state index >= 15 is 0 Å². The van der Waals surface area contributed by atoms with Crippen LogP contribution in [0.3, 0.4) is 0 Å². The number of anilines is 1. The van der Waals surface area contributed by atoms with Crippen molar-refractivity contribution in [1.82, 2.24) is 4.90 Å². The van der Waals surface area contributed by atoms with Crippen molar-refractivity contribution in [1.29, 1.82) is 0 Å². The lowest BCUT2D eigenvalue weighted by molar-refractivity contribution is 0.0592. The van der Waals surface area contributed by atoms with Crippen LogP contribution in [-0.2, 0) is 0 Å². The van der Waals surface area contributed by atoms with Crippen LogP contribution in [0.5, 0.6) is 0 Å². The van der Waals surface area contributed by atoms with Crippen LogP contribution in [0, 0.1) is 18.8 Å². The Bertz CT molecular complexity index is 710. The molecule has 2 aromatic rings. The zero-order valence-corrected chi connectivity index (χ0v) is 14.0. The van der Waals surface area contributed by atoms with E-state index in [0.717, 1.165) is 29.9 Å². The Hall–Kier alpha value is -2.23. The largest absolute Gasteiger partial charge is 0.451 e. The molecule has 1 fully saturated rings. The molecule has 4 nitrogen and oxygen atoms in total. The van der Waals surface area contributed by atoms with Gasteiger partial charge in [-0.25, -0.2) is 0 Å². The highest BCUT2D eigenvalue weighted by molar-refractivity contribution is 5.92. The molecule has 4 heteroatoms. The van der Waals surface area contributed by atoms with Gasteiger partial charge in [0.2, 0.25) is 0 Å². The highest BCUT2D eigenvalue weighted by atomic mass is 16.4. The molecule has 0 spiro atoms. The van der Waals surface area contributed by atoms with E-state index in [4.69, 9.17) is 10.2 Å². The summed E-state index contributed by atoms with van der Waals surface area (Å²) >= 11 is 0. The SMILES string of the molecule is Cc1ccc(-c2ccc(C(=O)N3C[C@H](C)C[C@@H](C)C3)o2)cc1N. The van der Waals surface area contributed by atoms with E-state index in [1.54, 1.807) is 6.07 Å². The molecule has 1 aromatic carbocycles. The van der Waals surface area contributed by atoms with Gasteiger partial charge in [-0.2, -0.15) is 0 Å². The van der Waals surface area contributed by atoms with Gasteiger partial charge < -0.3 is 15.1 Å². The number of nitrogens with two attached hydrogens (primary N) is 1. The number of hydrogen-bond acceptors (Lipinski definition) is 3. The molecule has 1 aliphatic rings. The molecule has 1 aliphatic heterocycles. The quantitative estimate of drug-likeness (QED) is 0.854. The topological polar surface area (TPSA) is 59.5 Å². The van der Waals surface area contributed by atoms with Crippen LogP contribution >= 0.6 is 0 Å². The predicted molar refractivity (Wildman–Crippen MR) is 92.1 cm³/mol. The van der Waals surface area contributed by atoms with Crippen molar-refractivity contribution >= 4 is 11.6 Å². The molecule has 0 unspecified atom stereocenters. The van der Waals surface area contributed by atoms with Gasteiger partial charge in [0, 0.05) is 24.3 Å². The number of rotatable bonds is 2. The van der Waals surface area contributed by atoms with Gasteiger partial charge in [-0.15, -0.1) is 0 Å². The van der Waals surface area contributed by atoms with Gasteiger partial charge in [0.15, 0.2) is 5.76 Å². The fourth-order valence-corrected chi connectivity index (χ4v) is 3.39. The fraction of sp³-hybridized carbons (Fsp3) is 0.421. The summed E-state index contributed by atoms with van der Waals surface area (Å²) in [7, 11) is 0. The lowest BCUT2D eigenvalue weighted by Gasteiger charge is -2.34. The number of hydrogen-bond donors (Lipinski definition) is 1. The number of nitrogen functional groups attached to an aromatic ring is 1. The van der Waals surface area contributed by atoms with E-state index in [9.17, 15) is 4.79 Å². The third-order valence-corrected chi connectivity index (χ3v) is 4.54. The smallest absolute Gasteiger partial charge is 0.289 e. The van der Waals surface area contributed by atoms with Gasteiger partial charge in [0.25, 0.3) is 5.91 Å². The molecule has 2 atom stereocenters. The molecule has 1 saturated heterocycles. The van der Waals surface area contributed by atoms with Crippen molar-refractivity contribution in [2.45, 2.75) is 27.2 Å². The van der Waals surface area contributed by atoms with Gasteiger partial charge in [0.1, 0.15) is 5.76 Å². The standard InChI is InChI=1S/C19H24N2O2/c1-12-8-13(2)11-21(10-12)19(22)18-7-6-17(23-18)15-5-4-14(3)16(20)9-15/h4-7,9,12-13H,8,10-11,20H2,1-3H3/t12-,13-/m1/s1. The molecule has 2 heterocycles. The van der Waals surface area contributed by atoms with Crippen LogP contribution in [0.1, 0.15) is 36.4 Å². The number of carbonyl (C=O) groups excluding carboxylic acids is 1. The first-order valence-corrected chi connectivity index (χ1v) is 8.19. The predicted octanol–water partition coefficient (Wildman–Crippen LogP) is 3.96. The second-order valence-electron chi connectivity index (χ2n) is 6.89. The van der Waals surface area contributed by atoms with E-state index in [2.05, 4.69) is 13.8 Å². The summed E-state index contributed by atoms with van der Waals surface area (Å²) in [5.41, 5.74) is 8.61. The molecule has 1 aromatic heterocycles. The Morgan fingerprint density at radius 2 is 1.87 bits per heavy atom. The third-order valence-electron chi connectivity index (χ3n) is 4.54. The average Bonchev–Trinajstić information content (AvgIpc) is 2.98. The minimum absolute atomic E-state index is 0.0188. The molecular weight excluding hydrogens is 288 g/mol. The maximum absolute atomic E-state index is 12.7. The summed E-state index contributed by atoms with van der Waals surface area (Å²) in [6, 6.07) is 9.41. The summed E-state index contributed by atoms with van der Waals surface area (Å²) in [5, 5.41) is 0. The number of aryl methyl sites for hydroxylation is 1. The summed E-state index contributed by atoms with van der Waals surface area (Å²) in [5.74, 6) is 2.14. The van der Waals surface area contributed by atoms with Crippen LogP contribution in [-0.4, -0.2) is 23.9 Å². The van der Waals surface area contributed by atoms with Crippen molar-refractivity contribution in [3.05, 3.63) is 41.7 Å². The van der Waals surface area contributed by atoms with E-state index in [1.165, 1.54) is 6.42 Å². The van der Waals surface area contributed by atoms with Crippen molar-refractivity contribution < 1.29 is 9.21 Å². The van der Waals surface area contributed by atoms with E-state index in [-0.39, 0.29) is 5.91 Å². The van der Waals surface area contributed by atoms with Gasteiger partial charge in [-0.1, -0.05) is 26.0 Å². The normalized spacial score (nSPS) is 21.4. The third kappa shape index (κ3) is 3.26. The van der Waals surface area contributed by atoms with E-state index in [1.807, 2.05) is 36.1 Å². The molecule has 3 rings (SSSR count). The summed E-state index contributed by atoms with van der Waals surface area (Å²) in [6.07, 6.45) is 1.18. The molecule has 1 amide bonds. The van der Waals surface area contributed by atoms with Crippen molar-refractivity contribution in [2.24, 2.45) is 11.8 Å². The zero-order chi connectivity index (χ0) is 16.6. The Morgan fingerprint density at radius 3 is 2.52 bits per heavy atom. The van der Waals surface area contributed by atoms with Gasteiger partial charge in [0.05, 0.1) is 0 Å². The molecule has 23 heavy (non-hydrogen) atoms. The van der Waals surface area contributed by atoms with Crippen LogP contribution < -0.4 is 5.73 Å². The minimum Gasteiger partial charge on any atom is -0.451 e. The first-order valence-electron chi connectivity index (χ1n) is 8.19. The second-order valence-corrected chi connectivity index (χ2v) is 6.89. The monoisotopic (exact) mass is 312 g/mol. The second kappa shape index (κ2) is 6.11.